The fourth-order valence-electron chi connectivity index (χ4n) is 2.82. The van der Waals surface area contributed by atoms with Crippen LogP contribution in [0.1, 0.15) is 12.5 Å². The highest BCUT2D eigenvalue weighted by atomic mass is 35.5. The largest absolute Gasteiger partial charge is 0.465 e. The maximum Gasteiger partial charge on any atom is 0.330 e. The van der Waals surface area contributed by atoms with Gasteiger partial charge in [0.25, 0.3) is 0 Å². The van der Waals surface area contributed by atoms with E-state index in [1.807, 2.05) is 24.3 Å². The van der Waals surface area contributed by atoms with E-state index in [4.69, 9.17) is 40.2 Å². The first-order valence-corrected chi connectivity index (χ1v) is 9.40. The summed E-state index contributed by atoms with van der Waals surface area (Å²) in [7, 11) is 0. The van der Waals surface area contributed by atoms with Crippen molar-refractivity contribution in [1.82, 2.24) is 9.13 Å². The molecule has 0 radical (unpaired) electrons. The first-order valence-electron chi connectivity index (χ1n) is 8.24. The number of ether oxygens (including phenoxy) is 1. The summed E-state index contributed by atoms with van der Waals surface area (Å²) in [5.74, 6) is -0.512. The van der Waals surface area contributed by atoms with Gasteiger partial charge in [-0.25, -0.2) is 4.79 Å². The number of hydrogen-bond acceptors (Lipinski definition) is 4. The average molecular weight is 423 g/mol. The van der Waals surface area contributed by atoms with Crippen LogP contribution in [0.5, 0.6) is 0 Å². The van der Waals surface area contributed by atoms with Crippen LogP contribution in [-0.2, 0) is 22.6 Å². The molecule has 0 aliphatic carbocycles. The van der Waals surface area contributed by atoms with Gasteiger partial charge in [0.15, 0.2) is 0 Å². The molecule has 8 heteroatoms. The van der Waals surface area contributed by atoms with Crippen LogP contribution in [-0.4, -0.2) is 21.7 Å². The zero-order chi connectivity index (χ0) is 19.6. The molecule has 27 heavy (non-hydrogen) atoms. The van der Waals surface area contributed by atoms with E-state index in [-0.39, 0.29) is 19.7 Å². The molecule has 0 aliphatic heterocycles. The lowest BCUT2D eigenvalue weighted by atomic mass is 10.2. The van der Waals surface area contributed by atoms with Gasteiger partial charge < -0.3 is 4.74 Å². The second kappa shape index (κ2) is 8.25. The SMILES string of the molecule is CCOC(=O)Cn1c(=S)c2ccccc2n(Cc2ccc(Cl)c(Cl)c2)c1=O. The van der Waals surface area contributed by atoms with Crippen LogP contribution in [0.3, 0.4) is 0 Å². The van der Waals surface area contributed by atoms with Gasteiger partial charge >= 0.3 is 11.7 Å². The van der Waals surface area contributed by atoms with Gasteiger partial charge in [0.1, 0.15) is 11.2 Å². The second-order valence-electron chi connectivity index (χ2n) is 5.83. The van der Waals surface area contributed by atoms with Crippen molar-refractivity contribution >= 4 is 52.3 Å². The summed E-state index contributed by atoms with van der Waals surface area (Å²) in [6.07, 6.45) is 0. The Morgan fingerprint density at radius 2 is 1.85 bits per heavy atom. The number of fused-ring (bicyclic) bond motifs is 1. The van der Waals surface area contributed by atoms with Crippen LogP contribution < -0.4 is 5.69 Å². The normalized spacial score (nSPS) is 10.9. The third-order valence-corrected chi connectivity index (χ3v) is 5.23. The zero-order valence-electron chi connectivity index (χ0n) is 14.4. The molecule has 140 valence electrons. The third-order valence-electron chi connectivity index (χ3n) is 4.05. The van der Waals surface area contributed by atoms with Crippen LogP contribution in [0.2, 0.25) is 10.0 Å². The molecule has 0 saturated carbocycles. The van der Waals surface area contributed by atoms with Crippen LogP contribution in [0.4, 0.5) is 0 Å². The molecule has 0 fully saturated rings. The molecule has 1 aromatic heterocycles. The van der Waals surface area contributed by atoms with Gasteiger partial charge in [-0.2, -0.15) is 0 Å². The second-order valence-corrected chi connectivity index (χ2v) is 7.03. The lowest BCUT2D eigenvalue weighted by Crippen LogP contribution is -2.34. The van der Waals surface area contributed by atoms with E-state index in [2.05, 4.69) is 0 Å². The third kappa shape index (κ3) is 4.08. The molecule has 2 aromatic carbocycles. The van der Waals surface area contributed by atoms with E-state index < -0.39 is 11.7 Å². The van der Waals surface area contributed by atoms with Crippen molar-refractivity contribution < 1.29 is 9.53 Å². The molecular formula is C19H16Cl2N2O3S. The number of aromatic nitrogens is 2. The van der Waals surface area contributed by atoms with Crippen LogP contribution >= 0.6 is 35.4 Å². The van der Waals surface area contributed by atoms with Gasteiger partial charge in [-0.05, 0) is 36.8 Å². The van der Waals surface area contributed by atoms with Crippen molar-refractivity contribution in [2.75, 3.05) is 6.61 Å². The van der Waals surface area contributed by atoms with Crippen LogP contribution in [0.25, 0.3) is 10.9 Å². The highest BCUT2D eigenvalue weighted by molar-refractivity contribution is 7.71. The van der Waals surface area contributed by atoms with Crippen molar-refractivity contribution in [3.05, 3.63) is 73.2 Å². The van der Waals surface area contributed by atoms with Gasteiger partial charge in [-0.1, -0.05) is 53.6 Å². The van der Waals surface area contributed by atoms with Crippen LogP contribution in [0.15, 0.2) is 47.3 Å². The molecule has 0 bridgehead atoms. The molecule has 3 rings (SSSR count). The summed E-state index contributed by atoms with van der Waals surface area (Å²) in [6, 6.07) is 12.5. The minimum Gasteiger partial charge on any atom is -0.465 e. The number of esters is 1. The Morgan fingerprint density at radius 3 is 2.56 bits per heavy atom. The summed E-state index contributed by atoms with van der Waals surface area (Å²) in [6.45, 7) is 1.96. The number of hydrogen-bond donors (Lipinski definition) is 0. The van der Waals surface area contributed by atoms with Crippen molar-refractivity contribution in [3.8, 4) is 0 Å². The van der Waals surface area contributed by atoms with Gasteiger partial charge in [0, 0.05) is 5.39 Å². The van der Waals surface area contributed by atoms with E-state index in [1.165, 1.54) is 4.57 Å². The first kappa shape index (κ1) is 19.6. The first-order chi connectivity index (χ1) is 12.9. The van der Waals surface area contributed by atoms with Crippen molar-refractivity contribution in [2.45, 2.75) is 20.0 Å². The fraction of sp³-hybridized carbons (Fsp3) is 0.211. The summed E-state index contributed by atoms with van der Waals surface area (Å²) in [5.41, 5.74) is 1.09. The molecular weight excluding hydrogens is 407 g/mol. The molecule has 0 unspecified atom stereocenters. The topological polar surface area (TPSA) is 53.2 Å². The fourth-order valence-corrected chi connectivity index (χ4v) is 3.46. The van der Waals surface area contributed by atoms with Crippen molar-refractivity contribution in [3.63, 3.8) is 0 Å². The lowest BCUT2D eigenvalue weighted by molar-refractivity contribution is -0.143. The summed E-state index contributed by atoms with van der Waals surface area (Å²) >= 11 is 17.5. The Labute approximate surface area is 170 Å². The molecule has 0 N–H and O–H groups in total. The molecule has 5 nitrogen and oxygen atoms in total. The van der Waals surface area contributed by atoms with E-state index in [1.54, 1.807) is 29.7 Å². The van der Waals surface area contributed by atoms with Gasteiger partial charge in [0.05, 0.1) is 28.7 Å². The molecule has 0 amide bonds. The summed E-state index contributed by atoms with van der Waals surface area (Å²) in [5, 5.41) is 1.55. The number of benzene rings is 2. The van der Waals surface area contributed by atoms with Crippen molar-refractivity contribution in [1.29, 1.82) is 0 Å². The molecule has 0 saturated heterocycles. The Bertz CT molecular complexity index is 1140. The number of rotatable bonds is 5. The number of para-hydroxylation sites is 1. The molecule has 0 atom stereocenters. The number of carbonyl (C=O) groups excluding carboxylic acids is 1. The summed E-state index contributed by atoms with van der Waals surface area (Å²) in [4.78, 5) is 25.0. The Balaban J connectivity index is 2.18. The molecule has 0 spiro atoms. The Morgan fingerprint density at radius 1 is 1.11 bits per heavy atom. The predicted octanol–water partition coefficient (Wildman–Crippen LogP) is 4.45. The standard InChI is InChI=1S/C19H16Cl2N2O3S/c1-2-26-17(24)11-23-18(27)13-5-3-4-6-16(13)22(19(23)25)10-12-7-8-14(20)15(21)9-12/h3-9H,2,10-11H2,1H3. The number of nitrogens with zero attached hydrogens (tertiary/aromatic N) is 2. The molecule has 1 heterocycles. The van der Waals surface area contributed by atoms with E-state index in [9.17, 15) is 9.59 Å². The Hall–Kier alpha value is -2.15. The predicted molar refractivity (Wildman–Crippen MR) is 109 cm³/mol. The monoisotopic (exact) mass is 422 g/mol. The van der Waals surface area contributed by atoms with E-state index in [0.29, 0.717) is 25.6 Å². The smallest absolute Gasteiger partial charge is 0.330 e. The van der Waals surface area contributed by atoms with E-state index >= 15 is 0 Å². The van der Waals surface area contributed by atoms with E-state index in [0.717, 1.165) is 5.56 Å². The molecule has 0 aliphatic rings. The quantitative estimate of drug-likeness (QED) is 0.450. The minimum absolute atomic E-state index is 0.233. The van der Waals surface area contributed by atoms with Crippen LogP contribution in [0, 0.1) is 4.64 Å². The summed E-state index contributed by atoms with van der Waals surface area (Å²) < 4.78 is 8.09. The number of carbonyl (C=O) groups is 1. The van der Waals surface area contributed by atoms with Gasteiger partial charge in [-0.3, -0.25) is 13.9 Å². The minimum atomic E-state index is -0.512. The van der Waals surface area contributed by atoms with Gasteiger partial charge in [-0.15, -0.1) is 0 Å². The average Bonchev–Trinajstić information content (AvgIpc) is 2.65. The van der Waals surface area contributed by atoms with Crippen molar-refractivity contribution in [2.24, 2.45) is 0 Å². The molecule has 3 aromatic rings. The highest BCUT2D eigenvalue weighted by Crippen LogP contribution is 2.23. The zero-order valence-corrected chi connectivity index (χ0v) is 16.8. The van der Waals surface area contributed by atoms with Gasteiger partial charge in [0.2, 0.25) is 0 Å². The maximum atomic E-state index is 13.1. The Kier molecular flexibility index (Phi) is 5.99. The highest BCUT2D eigenvalue weighted by Gasteiger charge is 2.14. The lowest BCUT2D eigenvalue weighted by Gasteiger charge is -2.15. The maximum absolute atomic E-state index is 13.1. The number of halogens is 2.